The number of hydrogen-bond acceptors (Lipinski definition) is 5. The molecule has 23 heavy (non-hydrogen) atoms. The predicted octanol–water partition coefficient (Wildman–Crippen LogP) is 4.05. The van der Waals surface area contributed by atoms with Gasteiger partial charge in [0.2, 0.25) is 0 Å². The highest BCUT2D eigenvalue weighted by Gasteiger charge is 2.26. The highest BCUT2D eigenvalue weighted by molar-refractivity contribution is 5.60. The summed E-state index contributed by atoms with van der Waals surface area (Å²) in [6.07, 6.45) is 7.35. The van der Waals surface area contributed by atoms with Crippen LogP contribution in [-0.2, 0) is 18.9 Å². The Kier molecular flexibility index (Phi) is 9.74. The molecule has 1 fully saturated rings. The topological polar surface area (TPSA) is 54.0 Å². The number of ether oxygens (including phenoxy) is 4. The van der Waals surface area contributed by atoms with Gasteiger partial charge >= 0.3 is 6.16 Å². The average Bonchev–Trinajstić information content (AvgIpc) is 2.57. The maximum Gasteiger partial charge on any atom is 0.509 e. The summed E-state index contributed by atoms with van der Waals surface area (Å²) >= 11 is 0. The Morgan fingerprint density at radius 1 is 1.30 bits per heavy atom. The van der Waals surface area contributed by atoms with Gasteiger partial charge in [0.25, 0.3) is 0 Å². The van der Waals surface area contributed by atoms with Crippen molar-refractivity contribution in [3.8, 4) is 11.8 Å². The van der Waals surface area contributed by atoms with Crippen molar-refractivity contribution >= 4 is 6.16 Å². The fraction of sp³-hybridized carbons (Fsp3) is 0.833. The highest BCUT2D eigenvalue weighted by Crippen LogP contribution is 2.20. The lowest BCUT2D eigenvalue weighted by molar-refractivity contribution is -0.154. The molecule has 1 rings (SSSR count). The van der Waals surface area contributed by atoms with Crippen molar-refractivity contribution in [1.29, 1.82) is 0 Å². The first-order chi connectivity index (χ1) is 11.1. The molecule has 0 bridgehead atoms. The Morgan fingerprint density at radius 3 is 2.78 bits per heavy atom. The van der Waals surface area contributed by atoms with Crippen molar-refractivity contribution in [2.45, 2.75) is 77.1 Å². The van der Waals surface area contributed by atoms with E-state index in [1.54, 1.807) is 0 Å². The van der Waals surface area contributed by atoms with Crippen molar-refractivity contribution in [2.24, 2.45) is 0 Å². The maximum absolute atomic E-state index is 11.4. The monoisotopic (exact) mass is 326 g/mol. The van der Waals surface area contributed by atoms with Crippen LogP contribution in [0, 0.1) is 11.8 Å². The van der Waals surface area contributed by atoms with Gasteiger partial charge in [-0.05, 0) is 39.0 Å². The molecule has 1 heterocycles. The van der Waals surface area contributed by atoms with E-state index in [0.717, 1.165) is 45.1 Å². The molecule has 1 aliphatic heterocycles. The Morgan fingerprint density at radius 2 is 2.13 bits per heavy atom. The van der Waals surface area contributed by atoms with Crippen LogP contribution in [0.25, 0.3) is 0 Å². The zero-order valence-electron chi connectivity index (χ0n) is 14.7. The van der Waals surface area contributed by atoms with Crippen molar-refractivity contribution in [3.05, 3.63) is 0 Å². The molecule has 0 spiro atoms. The van der Waals surface area contributed by atoms with E-state index in [2.05, 4.69) is 23.5 Å². The molecule has 2 unspecified atom stereocenters. The van der Waals surface area contributed by atoms with Gasteiger partial charge in [-0.1, -0.05) is 38.0 Å². The van der Waals surface area contributed by atoms with Gasteiger partial charge in [0, 0.05) is 6.61 Å². The van der Waals surface area contributed by atoms with Crippen LogP contribution in [0.3, 0.4) is 0 Å². The smallest absolute Gasteiger partial charge is 0.438 e. The minimum Gasteiger partial charge on any atom is -0.438 e. The van der Waals surface area contributed by atoms with Gasteiger partial charge in [0.05, 0.1) is 7.11 Å². The molecule has 5 heteroatoms. The van der Waals surface area contributed by atoms with E-state index in [9.17, 15) is 4.79 Å². The van der Waals surface area contributed by atoms with Crippen LogP contribution in [0.4, 0.5) is 4.79 Å². The summed E-state index contributed by atoms with van der Waals surface area (Å²) in [5.74, 6) is 5.98. The van der Waals surface area contributed by atoms with E-state index in [1.165, 1.54) is 13.5 Å². The minimum atomic E-state index is -0.836. The van der Waals surface area contributed by atoms with Crippen LogP contribution in [0.1, 0.15) is 65.2 Å². The van der Waals surface area contributed by atoms with Crippen LogP contribution in [0.15, 0.2) is 0 Å². The molecule has 0 N–H and O–H groups in total. The predicted molar refractivity (Wildman–Crippen MR) is 88.0 cm³/mol. The van der Waals surface area contributed by atoms with Gasteiger partial charge in [-0.25, -0.2) is 4.79 Å². The van der Waals surface area contributed by atoms with Crippen LogP contribution < -0.4 is 0 Å². The number of unbranched alkanes of at least 4 members (excludes halogenated alkanes) is 3. The summed E-state index contributed by atoms with van der Waals surface area (Å²) in [7, 11) is 1.30. The van der Waals surface area contributed by atoms with Crippen molar-refractivity contribution in [1.82, 2.24) is 0 Å². The Balaban J connectivity index is 2.46. The molecule has 0 radical (unpaired) electrons. The first kappa shape index (κ1) is 19.8. The second kappa shape index (κ2) is 11.3. The third-order valence-corrected chi connectivity index (χ3v) is 3.81. The van der Waals surface area contributed by atoms with Crippen LogP contribution >= 0.6 is 0 Å². The van der Waals surface area contributed by atoms with E-state index in [4.69, 9.17) is 14.2 Å². The SMILES string of the molecule is CCCCCCC(C)(C#CCOC1CCCCO1)OC(=O)OC. The quantitative estimate of drug-likeness (QED) is 0.383. The second-order valence-electron chi connectivity index (χ2n) is 6.01. The van der Waals surface area contributed by atoms with Gasteiger partial charge in [0.1, 0.15) is 6.61 Å². The molecule has 2 atom stereocenters. The largest absolute Gasteiger partial charge is 0.509 e. The summed E-state index contributed by atoms with van der Waals surface area (Å²) in [6, 6.07) is 0. The summed E-state index contributed by atoms with van der Waals surface area (Å²) < 4.78 is 21.0. The first-order valence-corrected chi connectivity index (χ1v) is 8.60. The van der Waals surface area contributed by atoms with Gasteiger partial charge in [-0.3, -0.25) is 0 Å². The maximum atomic E-state index is 11.4. The average molecular weight is 326 g/mol. The number of methoxy groups -OCH3 is 1. The molecular weight excluding hydrogens is 296 g/mol. The lowest BCUT2D eigenvalue weighted by Crippen LogP contribution is -2.30. The highest BCUT2D eigenvalue weighted by atomic mass is 16.7. The van der Waals surface area contributed by atoms with E-state index < -0.39 is 11.8 Å². The molecule has 0 aromatic rings. The molecule has 0 amide bonds. The van der Waals surface area contributed by atoms with Crippen LogP contribution in [0.2, 0.25) is 0 Å². The van der Waals surface area contributed by atoms with Crippen molar-refractivity contribution in [3.63, 3.8) is 0 Å². The van der Waals surface area contributed by atoms with Gasteiger partial charge in [0.15, 0.2) is 11.9 Å². The van der Waals surface area contributed by atoms with Crippen molar-refractivity contribution in [2.75, 3.05) is 20.3 Å². The second-order valence-corrected chi connectivity index (χ2v) is 6.01. The molecular formula is C18H30O5. The lowest BCUT2D eigenvalue weighted by Gasteiger charge is -2.23. The summed E-state index contributed by atoms with van der Waals surface area (Å²) in [5, 5.41) is 0. The summed E-state index contributed by atoms with van der Waals surface area (Å²) in [5.41, 5.74) is -0.836. The molecule has 0 saturated carbocycles. The van der Waals surface area contributed by atoms with E-state index in [0.29, 0.717) is 6.42 Å². The fourth-order valence-electron chi connectivity index (χ4n) is 2.45. The van der Waals surface area contributed by atoms with E-state index in [1.807, 2.05) is 6.92 Å². The Bertz CT molecular complexity index is 392. The molecule has 0 aliphatic carbocycles. The first-order valence-electron chi connectivity index (χ1n) is 8.60. The molecule has 0 aromatic carbocycles. The van der Waals surface area contributed by atoms with Gasteiger partial charge < -0.3 is 18.9 Å². The third-order valence-electron chi connectivity index (χ3n) is 3.81. The van der Waals surface area contributed by atoms with E-state index >= 15 is 0 Å². The summed E-state index contributed by atoms with van der Waals surface area (Å²) in [4.78, 5) is 11.4. The number of carbonyl (C=O) groups excluding carboxylic acids is 1. The Labute approximate surface area is 140 Å². The van der Waals surface area contributed by atoms with E-state index in [-0.39, 0.29) is 12.9 Å². The minimum absolute atomic E-state index is 0.157. The molecule has 0 aromatic heterocycles. The number of carbonyl (C=O) groups is 1. The van der Waals surface area contributed by atoms with Gasteiger partial charge in [-0.15, -0.1) is 0 Å². The van der Waals surface area contributed by atoms with Crippen LogP contribution in [0.5, 0.6) is 0 Å². The summed E-state index contributed by atoms with van der Waals surface area (Å²) in [6.45, 7) is 5.01. The number of hydrogen-bond donors (Lipinski definition) is 0. The molecule has 1 aliphatic rings. The van der Waals surface area contributed by atoms with Crippen LogP contribution in [-0.4, -0.2) is 38.4 Å². The molecule has 132 valence electrons. The lowest BCUT2D eigenvalue weighted by atomic mass is 9.98. The normalized spacial score (nSPS) is 20.0. The zero-order valence-corrected chi connectivity index (χ0v) is 14.7. The number of rotatable bonds is 8. The fourth-order valence-corrected chi connectivity index (χ4v) is 2.45. The van der Waals surface area contributed by atoms with Gasteiger partial charge in [-0.2, -0.15) is 0 Å². The Hall–Kier alpha value is -1.25. The molecule has 5 nitrogen and oxygen atoms in total. The standard InChI is InChI=1S/C18H30O5/c1-4-5-6-8-12-18(2,23-17(19)20-3)13-10-15-22-16-11-7-9-14-21-16/h16H,4-9,11-12,14-15H2,1-3H3. The molecule has 1 saturated heterocycles. The van der Waals surface area contributed by atoms with Crippen molar-refractivity contribution < 1.29 is 23.7 Å². The zero-order chi connectivity index (χ0) is 17.0. The third kappa shape index (κ3) is 8.83.